The first-order chi connectivity index (χ1) is 13.2. The molecule has 27 heavy (non-hydrogen) atoms. The first-order valence-electron chi connectivity index (χ1n) is 9.32. The number of hydrogen-bond donors (Lipinski definition) is 0. The van der Waals surface area contributed by atoms with Gasteiger partial charge in [0.15, 0.2) is 0 Å². The molecule has 0 bridgehead atoms. The molecule has 2 aromatic carbocycles. The number of thiocarbonyl (C=S) groups is 1. The summed E-state index contributed by atoms with van der Waals surface area (Å²) < 4.78 is 7.64. The lowest BCUT2D eigenvalue weighted by molar-refractivity contribution is 0.413. The first kappa shape index (κ1) is 16.5. The Balaban J connectivity index is 1.66. The Labute approximate surface area is 164 Å². The van der Waals surface area contributed by atoms with Crippen molar-refractivity contribution in [3.63, 3.8) is 0 Å². The third-order valence-corrected chi connectivity index (χ3v) is 6.05. The molecule has 0 saturated heterocycles. The third kappa shape index (κ3) is 2.73. The van der Waals surface area contributed by atoms with E-state index in [1.165, 1.54) is 27.9 Å². The SMILES string of the molecule is COc1cccc(C(c2cc3c4c(c2)CCN4C(=S)CC3)n2ccnc2)c1. The number of ether oxygens (including phenoxy) is 1. The van der Waals surface area contributed by atoms with Crippen molar-refractivity contribution in [3.05, 3.63) is 77.4 Å². The van der Waals surface area contributed by atoms with Gasteiger partial charge in [-0.2, -0.15) is 0 Å². The number of aromatic nitrogens is 2. The van der Waals surface area contributed by atoms with E-state index in [4.69, 9.17) is 17.0 Å². The number of methoxy groups -OCH3 is 1. The minimum absolute atomic E-state index is 0.0760. The summed E-state index contributed by atoms with van der Waals surface area (Å²) in [4.78, 5) is 7.72. The van der Waals surface area contributed by atoms with Gasteiger partial charge in [-0.1, -0.05) is 36.5 Å². The van der Waals surface area contributed by atoms with Crippen LogP contribution in [0.25, 0.3) is 0 Å². The van der Waals surface area contributed by atoms with Crippen LogP contribution in [0, 0.1) is 0 Å². The molecule has 2 aliphatic heterocycles. The molecular formula is C22H21N3OS. The second kappa shape index (κ2) is 6.50. The molecule has 0 N–H and O–H groups in total. The van der Waals surface area contributed by atoms with Gasteiger partial charge in [0.2, 0.25) is 0 Å². The summed E-state index contributed by atoms with van der Waals surface area (Å²) in [5, 5.41) is 0. The Bertz CT molecular complexity index is 1010. The van der Waals surface area contributed by atoms with Crippen LogP contribution in [0.15, 0.2) is 55.1 Å². The topological polar surface area (TPSA) is 30.3 Å². The Morgan fingerprint density at radius 1 is 1.07 bits per heavy atom. The second-order valence-electron chi connectivity index (χ2n) is 7.17. The molecule has 1 atom stereocenters. The van der Waals surface area contributed by atoms with Crippen LogP contribution in [-0.2, 0) is 12.8 Å². The smallest absolute Gasteiger partial charge is 0.119 e. The normalized spacial score (nSPS) is 16.3. The highest BCUT2D eigenvalue weighted by atomic mass is 32.1. The van der Waals surface area contributed by atoms with E-state index in [1.54, 1.807) is 7.11 Å². The van der Waals surface area contributed by atoms with Gasteiger partial charge in [-0.3, -0.25) is 0 Å². The molecule has 0 saturated carbocycles. The van der Waals surface area contributed by atoms with Crippen molar-refractivity contribution in [2.45, 2.75) is 25.3 Å². The summed E-state index contributed by atoms with van der Waals surface area (Å²) in [5.74, 6) is 0.872. The number of benzene rings is 2. The third-order valence-electron chi connectivity index (χ3n) is 5.62. The summed E-state index contributed by atoms with van der Waals surface area (Å²) in [7, 11) is 1.71. The minimum atomic E-state index is 0.0760. The fourth-order valence-corrected chi connectivity index (χ4v) is 4.70. The van der Waals surface area contributed by atoms with Crippen LogP contribution in [-0.4, -0.2) is 28.2 Å². The molecule has 3 heterocycles. The van der Waals surface area contributed by atoms with Crippen LogP contribution in [0.2, 0.25) is 0 Å². The molecule has 4 nitrogen and oxygen atoms in total. The van der Waals surface area contributed by atoms with Crippen LogP contribution < -0.4 is 9.64 Å². The van der Waals surface area contributed by atoms with Crippen molar-refractivity contribution in [1.82, 2.24) is 9.55 Å². The van der Waals surface area contributed by atoms with Gasteiger partial charge in [0.25, 0.3) is 0 Å². The van der Waals surface area contributed by atoms with Crippen LogP contribution >= 0.6 is 12.2 Å². The Hall–Kier alpha value is -2.66. The lowest BCUT2D eigenvalue weighted by atomic mass is 9.91. The average molecular weight is 375 g/mol. The summed E-state index contributed by atoms with van der Waals surface area (Å²) >= 11 is 5.59. The lowest BCUT2D eigenvalue weighted by Crippen LogP contribution is -2.31. The highest BCUT2D eigenvalue weighted by Crippen LogP contribution is 2.40. The average Bonchev–Trinajstić information content (AvgIpc) is 3.36. The van der Waals surface area contributed by atoms with Gasteiger partial charge in [0.05, 0.1) is 24.5 Å². The van der Waals surface area contributed by atoms with E-state index >= 15 is 0 Å². The molecule has 1 aromatic heterocycles. The number of hydrogen-bond acceptors (Lipinski definition) is 3. The molecule has 3 aromatic rings. The molecule has 5 rings (SSSR count). The van der Waals surface area contributed by atoms with E-state index in [1.807, 2.05) is 24.8 Å². The molecule has 0 aliphatic carbocycles. The number of rotatable bonds is 4. The summed E-state index contributed by atoms with van der Waals surface area (Å²) in [6.45, 7) is 1.01. The number of aryl methyl sites for hydroxylation is 1. The van der Waals surface area contributed by atoms with E-state index in [9.17, 15) is 0 Å². The van der Waals surface area contributed by atoms with Gasteiger partial charge in [0, 0.05) is 31.0 Å². The molecule has 136 valence electrons. The van der Waals surface area contributed by atoms with E-state index in [-0.39, 0.29) is 6.04 Å². The van der Waals surface area contributed by atoms with E-state index < -0.39 is 0 Å². The van der Waals surface area contributed by atoms with Crippen LogP contribution in [0.1, 0.15) is 34.7 Å². The predicted molar refractivity (Wildman–Crippen MR) is 111 cm³/mol. The molecule has 0 spiro atoms. The van der Waals surface area contributed by atoms with Gasteiger partial charge in [-0.25, -0.2) is 4.98 Å². The number of imidazole rings is 1. The van der Waals surface area contributed by atoms with Gasteiger partial charge >= 0.3 is 0 Å². The molecule has 0 amide bonds. The van der Waals surface area contributed by atoms with Gasteiger partial charge < -0.3 is 14.2 Å². The van der Waals surface area contributed by atoms with Crippen LogP contribution in [0.3, 0.4) is 0 Å². The molecule has 1 unspecified atom stereocenters. The highest BCUT2D eigenvalue weighted by molar-refractivity contribution is 7.80. The molecule has 2 aliphatic rings. The largest absolute Gasteiger partial charge is 0.497 e. The first-order valence-corrected chi connectivity index (χ1v) is 9.73. The lowest BCUT2D eigenvalue weighted by Gasteiger charge is -2.29. The van der Waals surface area contributed by atoms with E-state index in [2.05, 4.69) is 44.8 Å². The quantitative estimate of drug-likeness (QED) is 0.641. The van der Waals surface area contributed by atoms with Crippen molar-refractivity contribution >= 4 is 22.9 Å². The molecule has 0 fully saturated rings. The fraction of sp³-hybridized carbons (Fsp3) is 0.273. The Kier molecular flexibility index (Phi) is 3.97. The number of anilines is 1. The predicted octanol–water partition coefficient (Wildman–Crippen LogP) is 4.17. The van der Waals surface area contributed by atoms with Crippen LogP contribution in [0.4, 0.5) is 5.69 Å². The van der Waals surface area contributed by atoms with Gasteiger partial charge in [-0.05, 0) is 47.2 Å². The standard InChI is InChI=1S/C22H21N3OS/c1-26-19-4-2-3-15(13-19)21(24-10-8-23-14-24)18-11-16-5-6-20(27)25-9-7-17(12-18)22(16)25/h2-4,8,10-14,21H,5-7,9H2,1H3. The molecule has 0 radical (unpaired) electrons. The van der Waals surface area contributed by atoms with Crippen molar-refractivity contribution in [2.75, 3.05) is 18.6 Å². The maximum Gasteiger partial charge on any atom is 0.119 e. The molecule has 5 heteroatoms. The summed E-state index contributed by atoms with van der Waals surface area (Å²) in [6, 6.07) is 13.1. The van der Waals surface area contributed by atoms with Crippen LogP contribution in [0.5, 0.6) is 5.75 Å². The summed E-state index contributed by atoms with van der Waals surface area (Å²) in [6.07, 6.45) is 8.82. The van der Waals surface area contributed by atoms with Crippen molar-refractivity contribution < 1.29 is 4.74 Å². The Morgan fingerprint density at radius 2 is 1.93 bits per heavy atom. The van der Waals surface area contributed by atoms with Crippen molar-refractivity contribution in [1.29, 1.82) is 0 Å². The molecular weight excluding hydrogens is 354 g/mol. The van der Waals surface area contributed by atoms with Crippen molar-refractivity contribution in [3.8, 4) is 5.75 Å². The maximum atomic E-state index is 5.59. The zero-order valence-corrected chi connectivity index (χ0v) is 16.1. The number of nitrogens with zero attached hydrogens (tertiary/aromatic N) is 3. The monoisotopic (exact) mass is 375 g/mol. The Morgan fingerprint density at radius 3 is 2.70 bits per heavy atom. The van der Waals surface area contributed by atoms with Gasteiger partial charge in [-0.15, -0.1) is 0 Å². The van der Waals surface area contributed by atoms with E-state index in [0.717, 1.165) is 36.5 Å². The summed E-state index contributed by atoms with van der Waals surface area (Å²) in [5.41, 5.74) is 6.69. The maximum absolute atomic E-state index is 5.59. The zero-order valence-electron chi connectivity index (χ0n) is 15.3. The second-order valence-corrected chi connectivity index (χ2v) is 7.64. The van der Waals surface area contributed by atoms with E-state index in [0.29, 0.717) is 0 Å². The zero-order chi connectivity index (χ0) is 18.4. The highest BCUT2D eigenvalue weighted by Gasteiger charge is 2.30. The fourth-order valence-electron chi connectivity index (χ4n) is 4.41. The minimum Gasteiger partial charge on any atom is -0.497 e. The van der Waals surface area contributed by atoms with Crippen molar-refractivity contribution in [2.24, 2.45) is 0 Å². The van der Waals surface area contributed by atoms with Gasteiger partial charge in [0.1, 0.15) is 5.75 Å².